The highest BCUT2D eigenvalue weighted by Crippen LogP contribution is 2.24. The summed E-state index contributed by atoms with van der Waals surface area (Å²) in [6, 6.07) is 3.66. The molecule has 0 aromatic carbocycles. The van der Waals surface area contributed by atoms with E-state index in [1.165, 1.54) is 0 Å². The highest BCUT2D eigenvalue weighted by Gasteiger charge is 2.12. The third-order valence-corrected chi connectivity index (χ3v) is 1.82. The van der Waals surface area contributed by atoms with E-state index in [2.05, 4.69) is 15.1 Å². The summed E-state index contributed by atoms with van der Waals surface area (Å²) in [4.78, 5) is 8.24. The molecule has 0 N–H and O–H groups in total. The molecule has 0 aliphatic rings. The molecule has 0 saturated heterocycles. The largest absolute Gasteiger partial charge is 0.477 e. The maximum absolute atomic E-state index is 5.37. The van der Waals surface area contributed by atoms with Gasteiger partial charge < -0.3 is 9.26 Å². The molecule has 2 aromatic rings. The Morgan fingerprint density at radius 3 is 3.00 bits per heavy atom. The molecule has 2 heterocycles. The third-order valence-electron chi connectivity index (χ3n) is 1.82. The van der Waals surface area contributed by atoms with E-state index in [0.717, 1.165) is 5.56 Å². The number of pyridine rings is 1. The van der Waals surface area contributed by atoms with E-state index in [1.54, 1.807) is 13.1 Å². The third kappa shape index (κ3) is 1.96. The first-order chi connectivity index (χ1) is 7.31. The second-order valence-electron chi connectivity index (χ2n) is 2.93. The molecule has 0 unspecified atom stereocenters. The van der Waals surface area contributed by atoms with Crippen molar-refractivity contribution in [1.29, 1.82) is 0 Å². The highest BCUT2D eigenvalue weighted by atomic mass is 16.5. The average molecular weight is 205 g/mol. The lowest BCUT2D eigenvalue weighted by atomic mass is 10.2. The molecule has 0 fully saturated rings. The van der Waals surface area contributed by atoms with Gasteiger partial charge in [-0.3, -0.25) is 0 Å². The molecule has 5 nitrogen and oxygen atoms in total. The van der Waals surface area contributed by atoms with Gasteiger partial charge in [0.25, 0.3) is 0 Å². The second kappa shape index (κ2) is 4.08. The van der Waals surface area contributed by atoms with Gasteiger partial charge in [0.15, 0.2) is 0 Å². The molecule has 0 atom stereocenters. The summed E-state index contributed by atoms with van der Waals surface area (Å²) in [5, 5.41) is 3.82. The van der Waals surface area contributed by atoms with Crippen LogP contribution >= 0.6 is 0 Å². The van der Waals surface area contributed by atoms with E-state index in [-0.39, 0.29) is 0 Å². The van der Waals surface area contributed by atoms with Crippen LogP contribution in [0.1, 0.15) is 12.8 Å². The van der Waals surface area contributed by atoms with E-state index in [4.69, 9.17) is 9.26 Å². The topological polar surface area (TPSA) is 61.0 Å². The smallest absolute Gasteiger partial charge is 0.224 e. The van der Waals surface area contributed by atoms with E-state index in [0.29, 0.717) is 24.2 Å². The Morgan fingerprint density at radius 2 is 2.33 bits per heavy atom. The molecule has 15 heavy (non-hydrogen) atoms. The van der Waals surface area contributed by atoms with Crippen molar-refractivity contribution < 1.29 is 9.26 Å². The molecular formula is C10H11N3O2. The van der Waals surface area contributed by atoms with Gasteiger partial charge >= 0.3 is 0 Å². The molecule has 78 valence electrons. The van der Waals surface area contributed by atoms with Crippen LogP contribution in [0, 0.1) is 6.92 Å². The first-order valence-corrected chi connectivity index (χ1v) is 4.69. The quantitative estimate of drug-likeness (QED) is 0.765. The molecule has 2 rings (SSSR count). The summed E-state index contributed by atoms with van der Waals surface area (Å²) in [7, 11) is 0. The minimum atomic E-state index is 0.504. The average Bonchev–Trinajstić information content (AvgIpc) is 2.66. The summed E-state index contributed by atoms with van der Waals surface area (Å²) in [5.74, 6) is 1.56. The van der Waals surface area contributed by atoms with Crippen LogP contribution in [0.25, 0.3) is 11.4 Å². The Kier molecular flexibility index (Phi) is 2.62. The van der Waals surface area contributed by atoms with Crippen LogP contribution in [0.4, 0.5) is 0 Å². The lowest BCUT2D eigenvalue weighted by Gasteiger charge is -2.04. The number of ether oxygens (including phenoxy) is 1. The van der Waals surface area contributed by atoms with Gasteiger partial charge in [-0.15, -0.1) is 0 Å². The number of nitrogens with zero attached hydrogens (tertiary/aromatic N) is 3. The van der Waals surface area contributed by atoms with E-state index in [1.807, 2.05) is 19.1 Å². The Hall–Kier alpha value is -1.91. The summed E-state index contributed by atoms with van der Waals surface area (Å²) in [6.45, 7) is 4.20. The number of rotatable bonds is 3. The summed E-state index contributed by atoms with van der Waals surface area (Å²) in [5.41, 5.74) is 0.746. The van der Waals surface area contributed by atoms with Gasteiger partial charge in [0.05, 0.1) is 12.2 Å². The fourth-order valence-corrected chi connectivity index (χ4v) is 1.22. The van der Waals surface area contributed by atoms with Crippen molar-refractivity contribution in [3.05, 3.63) is 24.2 Å². The monoisotopic (exact) mass is 205 g/mol. The number of aromatic nitrogens is 3. The second-order valence-corrected chi connectivity index (χ2v) is 2.93. The van der Waals surface area contributed by atoms with Gasteiger partial charge in [0, 0.05) is 13.1 Å². The molecule has 0 bridgehead atoms. The Bertz CT molecular complexity index is 453. The summed E-state index contributed by atoms with van der Waals surface area (Å²) < 4.78 is 10.3. The van der Waals surface area contributed by atoms with Gasteiger partial charge in [-0.1, -0.05) is 5.16 Å². The maximum atomic E-state index is 5.37. The first-order valence-electron chi connectivity index (χ1n) is 4.69. The Balaban J connectivity index is 2.42. The van der Waals surface area contributed by atoms with Crippen LogP contribution in [0.15, 0.2) is 22.9 Å². The molecule has 0 radical (unpaired) electrons. The fraction of sp³-hybridized carbons (Fsp3) is 0.300. The van der Waals surface area contributed by atoms with Crippen molar-refractivity contribution in [3.8, 4) is 17.3 Å². The SMILES string of the molecule is CCOc1ncccc1-c1noc(C)n1. The van der Waals surface area contributed by atoms with Gasteiger partial charge in [-0.05, 0) is 19.1 Å². The lowest BCUT2D eigenvalue weighted by molar-refractivity contribution is 0.327. The maximum Gasteiger partial charge on any atom is 0.224 e. The number of aryl methyl sites for hydroxylation is 1. The van der Waals surface area contributed by atoms with E-state index >= 15 is 0 Å². The summed E-state index contributed by atoms with van der Waals surface area (Å²) in [6.07, 6.45) is 1.67. The van der Waals surface area contributed by atoms with Crippen LogP contribution in [0.3, 0.4) is 0 Å². The highest BCUT2D eigenvalue weighted by molar-refractivity contribution is 5.60. The molecule has 2 aromatic heterocycles. The zero-order chi connectivity index (χ0) is 10.7. The predicted octanol–water partition coefficient (Wildman–Crippen LogP) is 1.84. The van der Waals surface area contributed by atoms with E-state index < -0.39 is 0 Å². The number of hydrogen-bond acceptors (Lipinski definition) is 5. The van der Waals surface area contributed by atoms with Gasteiger partial charge in [-0.2, -0.15) is 4.98 Å². The van der Waals surface area contributed by atoms with Crippen LogP contribution < -0.4 is 4.74 Å². The molecule has 0 spiro atoms. The van der Waals surface area contributed by atoms with Gasteiger partial charge in [0.2, 0.25) is 17.6 Å². The van der Waals surface area contributed by atoms with Crippen LogP contribution in [0.5, 0.6) is 5.88 Å². The van der Waals surface area contributed by atoms with Crippen molar-refractivity contribution in [3.63, 3.8) is 0 Å². The van der Waals surface area contributed by atoms with Crippen molar-refractivity contribution in [2.75, 3.05) is 6.61 Å². The standard InChI is InChI=1S/C10H11N3O2/c1-3-14-10-8(5-4-6-11-10)9-12-7(2)15-13-9/h4-6H,3H2,1-2H3. The number of hydrogen-bond donors (Lipinski definition) is 0. The van der Waals surface area contributed by atoms with Crippen LogP contribution in [0.2, 0.25) is 0 Å². The molecule has 0 amide bonds. The molecular weight excluding hydrogens is 194 g/mol. The predicted molar refractivity (Wildman–Crippen MR) is 53.4 cm³/mol. The Morgan fingerprint density at radius 1 is 1.47 bits per heavy atom. The van der Waals surface area contributed by atoms with Crippen molar-refractivity contribution in [2.24, 2.45) is 0 Å². The van der Waals surface area contributed by atoms with Gasteiger partial charge in [-0.25, -0.2) is 4.98 Å². The summed E-state index contributed by atoms with van der Waals surface area (Å²) >= 11 is 0. The van der Waals surface area contributed by atoms with E-state index in [9.17, 15) is 0 Å². The van der Waals surface area contributed by atoms with Crippen LogP contribution in [-0.4, -0.2) is 21.7 Å². The van der Waals surface area contributed by atoms with Crippen molar-refractivity contribution in [1.82, 2.24) is 15.1 Å². The van der Waals surface area contributed by atoms with Crippen LogP contribution in [-0.2, 0) is 0 Å². The Labute approximate surface area is 87.1 Å². The minimum Gasteiger partial charge on any atom is -0.477 e. The van der Waals surface area contributed by atoms with Crippen molar-refractivity contribution >= 4 is 0 Å². The molecule has 0 aliphatic carbocycles. The zero-order valence-corrected chi connectivity index (χ0v) is 8.60. The lowest BCUT2D eigenvalue weighted by Crippen LogP contribution is -1.97. The molecule has 5 heteroatoms. The zero-order valence-electron chi connectivity index (χ0n) is 8.60. The molecule has 0 aliphatic heterocycles. The van der Waals surface area contributed by atoms with Crippen molar-refractivity contribution in [2.45, 2.75) is 13.8 Å². The minimum absolute atomic E-state index is 0.504. The molecule has 0 saturated carbocycles. The first kappa shape index (κ1) is 9.64. The normalized spacial score (nSPS) is 10.3. The van der Waals surface area contributed by atoms with Gasteiger partial charge in [0.1, 0.15) is 0 Å². The fourth-order valence-electron chi connectivity index (χ4n) is 1.22.